The molecular weight excluding hydrogens is 248 g/mol. The van der Waals surface area contributed by atoms with Crippen LogP contribution in [0.2, 0.25) is 0 Å². The first kappa shape index (κ1) is 14.9. The maximum Gasteiger partial charge on any atom is 0.359 e. The van der Waals surface area contributed by atoms with Gasteiger partial charge in [0.15, 0.2) is 5.69 Å². The molecule has 0 amide bonds. The predicted molar refractivity (Wildman–Crippen MR) is 69.7 cm³/mol. The van der Waals surface area contributed by atoms with Gasteiger partial charge >= 0.3 is 11.9 Å². The largest absolute Gasteiger partial charge is 0.466 e. The van der Waals surface area contributed by atoms with Crippen molar-refractivity contribution in [3.05, 3.63) is 23.5 Å². The number of carbonyl (C=O) groups excluding carboxylic acids is 2. The third-order valence-corrected chi connectivity index (χ3v) is 2.60. The van der Waals surface area contributed by atoms with E-state index in [1.807, 2.05) is 0 Å². The molecule has 104 valence electrons. The van der Waals surface area contributed by atoms with Crippen molar-refractivity contribution in [1.82, 2.24) is 4.98 Å². The second-order valence-electron chi connectivity index (χ2n) is 3.86. The fraction of sp³-hybridized carbons (Fsp3) is 0.462. The van der Waals surface area contributed by atoms with E-state index in [1.165, 1.54) is 6.20 Å². The summed E-state index contributed by atoms with van der Waals surface area (Å²) in [5.74, 6) is -1.55. The van der Waals surface area contributed by atoms with Crippen LogP contribution in [0.15, 0.2) is 12.3 Å². The van der Waals surface area contributed by atoms with Gasteiger partial charge in [-0.2, -0.15) is 0 Å². The fourth-order valence-electron chi connectivity index (χ4n) is 1.62. The highest BCUT2D eigenvalue weighted by Gasteiger charge is 2.23. The summed E-state index contributed by atoms with van der Waals surface area (Å²) in [6, 6.07) is 1.60. The molecule has 6 heteroatoms. The summed E-state index contributed by atoms with van der Waals surface area (Å²) < 4.78 is 9.78. The van der Waals surface area contributed by atoms with Crippen molar-refractivity contribution in [3.8, 4) is 0 Å². The molecule has 0 saturated heterocycles. The Labute approximate surface area is 111 Å². The van der Waals surface area contributed by atoms with Crippen LogP contribution in [0.3, 0.4) is 0 Å². The summed E-state index contributed by atoms with van der Waals surface area (Å²) in [6.45, 7) is 5.61. The Morgan fingerprint density at radius 1 is 1.32 bits per heavy atom. The first-order valence-electron chi connectivity index (χ1n) is 6.11. The zero-order valence-electron chi connectivity index (χ0n) is 11.3. The van der Waals surface area contributed by atoms with Gasteiger partial charge in [-0.05, 0) is 32.4 Å². The number of pyridine rings is 1. The summed E-state index contributed by atoms with van der Waals surface area (Å²) >= 11 is 0. The van der Waals surface area contributed by atoms with Gasteiger partial charge in [-0.15, -0.1) is 0 Å². The van der Waals surface area contributed by atoms with Crippen LogP contribution >= 0.6 is 0 Å². The van der Waals surface area contributed by atoms with Gasteiger partial charge < -0.3 is 15.2 Å². The van der Waals surface area contributed by atoms with Crippen LogP contribution in [0.25, 0.3) is 0 Å². The lowest BCUT2D eigenvalue weighted by atomic mass is 9.99. The van der Waals surface area contributed by atoms with Crippen LogP contribution in [-0.4, -0.2) is 30.1 Å². The number of hydrogen-bond donors (Lipinski definition) is 1. The molecule has 0 aromatic carbocycles. The van der Waals surface area contributed by atoms with Crippen molar-refractivity contribution < 1.29 is 19.1 Å². The first-order chi connectivity index (χ1) is 9.02. The van der Waals surface area contributed by atoms with Gasteiger partial charge in [0.05, 0.1) is 24.8 Å². The number of carbonyl (C=O) groups is 2. The van der Waals surface area contributed by atoms with Gasteiger partial charge in [0.25, 0.3) is 0 Å². The SMILES string of the molecule is CCOC(=O)c1nccc(C(C)C(=O)OCC)c1N. The Kier molecular flexibility index (Phi) is 5.29. The van der Waals surface area contributed by atoms with Gasteiger partial charge in [0.2, 0.25) is 0 Å². The topological polar surface area (TPSA) is 91.5 Å². The molecule has 0 aliphatic heterocycles. The molecule has 6 nitrogen and oxygen atoms in total. The molecule has 1 rings (SSSR count). The molecule has 0 aliphatic rings. The van der Waals surface area contributed by atoms with E-state index in [0.29, 0.717) is 12.2 Å². The number of nitrogens with zero attached hydrogens (tertiary/aromatic N) is 1. The van der Waals surface area contributed by atoms with Crippen molar-refractivity contribution in [2.75, 3.05) is 18.9 Å². The zero-order valence-corrected chi connectivity index (χ0v) is 11.3. The smallest absolute Gasteiger partial charge is 0.359 e. The van der Waals surface area contributed by atoms with E-state index in [0.717, 1.165) is 0 Å². The minimum atomic E-state index is -0.599. The molecule has 0 radical (unpaired) electrons. The van der Waals surface area contributed by atoms with Gasteiger partial charge in [0, 0.05) is 6.20 Å². The number of nitrogen functional groups attached to an aromatic ring is 1. The molecule has 1 heterocycles. The Balaban J connectivity index is 3.06. The van der Waals surface area contributed by atoms with Crippen molar-refractivity contribution in [2.45, 2.75) is 26.7 Å². The molecule has 19 heavy (non-hydrogen) atoms. The molecule has 1 atom stereocenters. The number of nitrogens with two attached hydrogens (primary N) is 1. The average molecular weight is 266 g/mol. The number of aromatic nitrogens is 1. The highest BCUT2D eigenvalue weighted by molar-refractivity contribution is 5.94. The summed E-state index contributed by atoms with van der Waals surface area (Å²) in [5, 5.41) is 0. The molecule has 0 saturated carbocycles. The number of rotatable bonds is 5. The van der Waals surface area contributed by atoms with Crippen LogP contribution in [0, 0.1) is 0 Å². The fourth-order valence-corrected chi connectivity index (χ4v) is 1.62. The predicted octanol–water partition coefficient (Wildman–Crippen LogP) is 1.51. The average Bonchev–Trinajstić information content (AvgIpc) is 2.38. The summed E-state index contributed by atoms with van der Waals surface area (Å²) in [5.41, 5.74) is 6.57. The van der Waals surface area contributed by atoms with Gasteiger partial charge in [-0.3, -0.25) is 4.79 Å². The second-order valence-corrected chi connectivity index (χ2v) is 3.86. The lowest BCUT2D eigenvalue weighted by Crippen LogP contribution is -2.17. The van der Waals surface area contributed by atoms with Gasteiger partial charge in [-0.25, -0.2) is 9.78 Å². The van der Waals surface area contributed by atoms with Crippen molar-refractivity contribution >= 4 is 17.6 Å². The maximum absolute atomic E-state index is 11.7. The third-order valence-electron chi connectivity index (χ3n) is 2.60. The Morgan fingerprint density at radius 3 is 2.53 bits per heavy atom. The number of anilines is 1. The maximum atomic E-state index is 11.7. The van der Waals surface area contributed by atoms with E-state index in [2.05, 4.69) is 4.98 Å². The van der Waals surface area contributed by atoms with E-state index < -0.39 is 17.9 Å². The van der Waals surface area contributed by atoms with Crippen LogP contribution in [-0.2, 0) is 14.3 Å². The Morgan fingerprint density at radius 2 is 1.95 bits per heavy atom. The Bertz CT molecular complexity index is 474. The first-order valence-corrected chi connectivity index (χ1v) is 6.11. The minimum Gasteiger partial charge on any atom is -0.466 e. The van der Waals surface area contributed by atoms with E-state index >= 15 is 0 Å². The molecule has 0 fully saturated rings. The zero-order chi connectivity index (χ0) is 14.4. The van der Waals surface area contributed by atoms with Gasteiger partial charge in [0.1, 0.15) is 0 Å². The molecule has 2 N–H and O–H groups in total. The van der Waals surface area contributed by atoms with Crippen molar-refractivity contribution in [2.24, 2.45) is 0 Å². The van der Waals surface area contributed by atoms with Crippen LogP contribution < -0.4 is 5.73 Å². The Hall–Kier alpha value is -2.11. The lowest BCUT2D eigenvalue weighted by Gasteiger charge is -2.14. The third kappa shape index (κ3) is 3.43. The molecule has 0 spiro atoms. The number of esters is 2. The number of hydrogen-bond acceptors (Lipinski definition) is 6. The summed E-state index contributed by atoms with van der Waals surface area (Å²) in [7, 11) is 0. The highest BCUT2D eigenvalue weighted by atomic mass is 16.5. The van der Waals surface area contributed by atoms with Crippen molar-refractivity contribution in [3.63, 3.8) is 0 Å². The summed E-state index contributed by atoms with van der Waals surface area (Å²) in [4.78, 5) is 27.2. The van der Waals surface area contributed by atoms with E-state index in [-0.39, 0.29) is 18.0 Å². The standard InChI is InChI=1S/C13H18N2O4/c1-4-18-12(16)8(3)9-6-7-15-11(10(9)14)13(17)19-5-2/h6-8H,4-5,14H2,1-3H3. The van der Waals surface area contributed by atoms with Crippen molar-refractivity contribution in [1.29, 1.82) is 0 Å². The quantitative estimate of drug-likeness (QED) is 0.812. The van der Waals surface area contributed by atoms with Crippen LogP contribution in [0.1, 0.15) is 42.7 Å². The number of ether oxygens (including phenoxy) is 2. The van der Waals surface area contributed by atoms with Crippen LogP contribution in [0.5, 0.6) is 0 Å². The van der Waals surface area contributed by atoms with E-state index in [1.54, 1.807) is 26.8 Å². The van der Waals surface area contributed by atoms with Crippen LogP contribution in [0.4, 0.5) is 5.69 Å². The summed E-state index contributed by atoms with van der Waals surface area (Å²) in [6.07, 6.45) is 1.42. The monoisotopic (exact) mass is 266 g/mol. The molecular formula is C13H18N2O4. The second kappa shape index (κ2) is 6.72. The normalized spacial score (nSPS) is 11.7. The van der Waals surface area contributed by atoms with Gasteiger partial charge in [-0.1, -0.05) is 0 Å². The molecule has 0 aliphatic carbocycles. The molecule has 1 aromatic heterocycles. The molecule has 1 unspecified atom stereocenters. The minimum absolute atomic E-state index is 0.0236. The van der Waals surface area contributed by atoms with E-state index in [4.69, 9.17) is 15.2 Å². The lowest BCUT2D eigenvalue weighted by molar-refractivity contribution is -0.144. The molecule has 0 bridgehead atoms. The highest BCUT2D eigenvalue weighted by Crippen LogP contribution is 2.25. The molecule has 1 aromatic rings. The van der Waals surface area contributed by atoms with E-state index in [9.17, 15) is 9.59 Å².